The molecule has 0 aliphatic heterocycles. The van der Waals surface area contributed by atoms with Crippen LogP contribution in [0.2, 0.25) is 0 Å². The van der Waals surface area contributed by atoms with Gasteiger partial charge in [0.05, 0.1) is 13.3 Å². The highest BCUT2D eigenvalue weighted by molar-refractivity contribution is 7.66. The second kappa shape index (κ2) is 6.73. The van der Waals surface area contributed by atoms with Gasteiger partial charge in [-0.3, -0.25) is 4.57 Å². The maximum atomic E-state index is 12.3. The van der Waals surface area contributed by atoms with Crippen LogP contribution in [0.15, 0.2) is 36.4 Å². The van der Waals surface area contributed by atoms with Gasteiger partial charge < -0.3 is 14.4 Å². The Morgan fingerprint density at radius 1 is 1.40 bits per heavy atom. The highest BCUT2D eigenvalue weighted by atomic mass is 31.2. The molecule has 0 fully saturated rings. The van der Waals surface area contributed by atoms with Crippen LogP contribution < -0.4 is 10.0 Å². The highest BCUT2D eigenvalue weighted by Gasteiger charge is 2.26. The van der Waals surface area contributed by atoms with Gasteiger partial charge in [0.2, 0.25) is 7.37 Å². The molecule has 0 aliphatic rings. The number of carbonyl (C=O) groups excluding carboxylic acids is 1. The van der Waals surface area contributed by atoms with E-state index in [-0.39, 0.29) is 11.7 Å². The molecule has 0 heterocycles. The zero-order chi connectivity index (χ0) is 15.3. The van der Waals surface area contributed by atoms with Crippen LogP contribution in [0, 0.1) is 0 Å². The Bertz CT molecular complexity index is 535. The predicted molar refractivity (Wildman–Crippen MR) is 77.7 cm³/mol. The molecule has 1 aromatic carbocycles. The smallest absolute Gasteiger partial charge is 0.333 e. The summed E-state index contributed by atoms with van der Waals surface area (Å²) in [5.41, 5.74) is 0.258. The Hall–Kier alpha value is -1.58. The minimum Gasteiger partial charge on any atom is -0.497 e. The van der Waals surface area contributed by atoms with E-state index in [1.807, 2.05) is 0 Å². The summed E-state index contributed by atoms with van der Waals surface area (Å²) in [5.74, 6) is 0.0442. The van der Waals surface area contributed by atoms with E-state index in [4.69, 9.17) is 9.47 Å². The van der Waals surface area contributed by atoms with Gasteiger partial charge in [0.15, 0.2) is 0 Å². The molecule has 6 heteroatoms. The fourth-order valence-corrected chi connectivity index (χ4v) is 3.19. The third-order valence-corrected chi connectivity index (χ3v) is 4.75. The summed E-state index contributed by atoms with van der Waals surface area (Å²) in [6, 6.07) is 6.30. The third-order valence-electron chi connectivity index (χ3n) is 2.64. The lowest BCUT2D eigenvalue weighted by molar-refractivity contribution is -0.142. The molecule has 1 aromatic rings. The molecule has 0 bridgehead atoms. The zero-order valence-electron chi connectivity index (χ0n) is 11.8. The van der Waals surface area contributed by atoms with E-state index in [1.165, 1.54) is 26.2 Å². The number of hydrogen-bond donors (Lipinski definition) is 1. The number of carbonyl (C=O) groups is 1. The van der Waals surface area contributed by atoms with Crippen molar-refractivity contribution in [2.75, 3.05) is 13.3 Å². The van der Waals surface area contributed by atoms with Crippen molar-refractivity contribution < 1.29 is 23.7 Å². The van der Waals surface area contributed by atoms with Crippen molar-refractivity contribution in [3.05, 3.63) is 36.4 Å². The van der Waals surface area contributed by atoms with E-state index in [9.17, 15) is 14.3 Å². The minimum atomic E-state index is -3.58. The van der Waals surface area contributed by atoms with E-state index >= 15 is 0 Å². The number of esters is 1. The summed E-state index contributed by atoms with van der Waals surface area (Å²) >= 11 is 0. The quantitative estimate of drug-likeness (QED) is 0.494. The van der Waals surface area contributed by atoms with E-state index in [2.05, 4.69) is 6.58 Å². The van der Waals surface area contributed by atoms with Gasteiger partial charge in [-0.05, 0) is 38.1 Å². The van der Waals surface area contributed by atoms with Crippen LogP contribution in [-0.4, -0.2) is 30.2 Å². The fourth-order valence-electron chi connectivity index (χ4n) is 1.59. The van der Waals surface area contributed by atoms with Gasteiger partial charge in [0.25, 0.3) is 0 Å². The first-order valence-electron chi connectivity index (χ1n) is 6.09. The lowest BCUT2D eigenvalue weighted by atomic mass is 10.3. The summed E-state index contributed by atoms with van der Waals surface area (Å²) in [7, 11) is -2.06. The van der Waals surface area contributed by atoms with E-state index in [0.29, 0.717) is 11.1 Å². The van der Waals surface area contributed by atoms with Crippen molar-refractivity contribution in [2.45, 2.75) is 20.0 Å². The first kappa shape index (κ1) is 16.5. The second-order valence-corrected chi connectivity index (χ2v) is 6.86. The highest BCUT2D eigenvalue weighted by Crippen LogP contribution is 2.40. The minimum absolute atomic E-state index is 0.141. The summed E-state index contributed by atoms with van der Waals surface area (Å²) in [6.07, 6.45) is -0.810. The van der Waals surface area contributed by atoms with E-state index < -0.39 is 19.4 Å². The number of rotatable bonds is 6. The lowest BCUT2D eigenvalue weighted by Crippen LogP contribution is -2.22. The fraction of sp³-hybridized carbons (Fsp3) is 0.357. The molecule has 0 radical (unpaired) electrons. The molecule has 110 valence electrons. The van der Waals surface area contributed by atoms with Crippen LogP contribution in [0.4, 0.5) is 0 Å². The molecule has 0 saturated carbocycles. The number of hydrogen-bond acceptors (Lipinski definition) is 4. The van der Waals surface area contributed by atoms with Gasteiger partial charge in [0, 0.05) is 10.9 Å². The van der Waals surface area contributed by atoms with Gasteiger partial charge in [0.1, 0.15) is 11.9 Å². The van der Waals surface area contributed by atoms with Crippen LogP contribution >= 0.6 is 7.37 Å². The number of ether oxygens (including phenoxy) is 2. The van der Waals surface area contributed by atoms with Crippen molar-refractivity contribution in [3.63, 3.8) is 0 Å². The standard InChI is InChI=1S/C14H19O5P/c1-10(2)14(15)19-11(3)9-20(16,17)13-7-5-12(18-4)6-8-13/h5-8,11H,1,9H2,2-4H3,(H,16,17). The van der Waals surface area contributed by atoms with Gasteiger partial charge in [-0.25, -0.2) is 4.79 Å². The molecule has 0 spiro atoms. The van der Waals surface area contributed by atoms with Crippen molar-refractivity contribution in [2.24, 2.45) is 0 Å². The van der Waals surface area contributed by atoms with Crippen molar-refractivity contribution in [1.29, 1.82) is 0 Å². The Morgan fingerprint density at radius 2 is 1.95 bits per heavy atom. The first-order chi connectivity index (χ1) is 9.26. The van der Waals surface area contributed by atoms with Gasteiger partial charge in [-0.1, -0.05) is 6.58 Å². The molecule has 0 saturated heterocycles. The lowest BCUT2D eigenvalue weighted by Gasteiger charge is -2.18. The number of methoxy groups -OCH3 is 1. The van der Waals surface area contributed by atoms with Gasteiger partial charge >= 0.3 is 5.97 Å². The maximum absolute atomic E-state index is 12.3. The van der Waals surface area contributed by atoms with Crippen molar-refractivity contribution in [3.8, 4) is 5.75 Å². The monoisotopic (exact) mass is 298 g/mol. The Balaban J connectivity index is 2.75. The SMILES string of the molecule is C=C(C)C(=O)OC(C)CP(=O)(O)c1ccc(OC)cc1. The van der Waals surface area contributed by atoms with Crippen LogP contribution in [-0.2, 0) is 14.1 Å². The predicted octanol–water partition coefficient (Wildman–Crippen LogP) is 2.10. The molecule has 2 atom stereocenters. The maximum Gasteiger partial charge on any atom is 0.333 e. The molecular weight excluding hydrogens is 279 g/mol. The Kier molecular flexibility index (Phi) is 5.54. The van der Waals surface area contributed by atoms with E-state index in [0.717, 1.165) is 0 Å². The van der Waals surface area contributed by atoms with Crippen LogP contribution in [0.3, 0.4) is 0 Å². The Labute approximate surface area is 118 Å². The second-order valence-electron chi connectivity index (χ2n) is 4.58. The van der Waals surface area contributed by atoms with Crippen LogP contribution in [0.1, 0.15) is 13.8 Å². The average Bonchev–Trinajstić information content (AvgIpc) is 2.37. The molecule has 1 rings (SSSR count). The first-order valence-corrected chi connectivity index (χ1v) is 7.93. The molecule has 0 aromatic heterocycles. The topological polar surface area (TPSA) is 72.8 Å². The average molecular weight is 298 g/mol. The van der Waals surface area contributed by atoms with Gasteiger partial charge in [-0.15, -0.1) is 0 Å². The molecule has 5 nitrogen and oxygen atoms in total. The summed E-state index contributed by atoms with van der Waals surface area (Å²) in [4.78, 5) is 21.4. The van der Waals surface area contributed by atoms with Crippen molar-refractivity contribution in [1.82, 2.24) is 0 Å². The number of benzene rings is 1. The normalized spacial score (nSPS) is 15.0. The van der Waals surface area contributed by atoms with E-state index in [1.54, 1.807) is 19.1 Å². The molecule has 2 unspecified atom stereocenters. The summed E-state index contributed by atoms with van der Waals surface area (Å²) in [5, 5.41) is 0.302. The molecular formula is C14H19O5P. The molecule has 0 aliphatic carbocycles. The zero-order valence-corrected chi connectivity index (χ0v) is 12.7. The van der Waals surface area contributed by atoms with Crippen LogP contribution in [0.5, 0.6) is 5.75 Å². The third kappa shape index (κ3) is 4.51. The summed E-state index contributed by atoms with van der Waals surface area (Å²) in [6.45, 7) is 6.56. The van der Waals surface area contributed by atoms with Gasteiger partial charge in [-0.2, -0.15) is 0 Å². The molecule has 20 heavy (non-hydrogen) atoms. The van der Waals surface area contributed by atoms with Crippen LogP contribution in [0.25, 0.3) is 0 Å². The Morgan fingerprint density at radius 3 is 2.40 bits per heavy atom. The molecule has 1 N–H and O–H groups in total. The largest absolute Gasteiger partial charge is 0.497 e. The van der Waals surface area contributed by atoms with Crippen molar-refractivity contribution >= 4 is 18.6 Å². The summed E-state index contributed by atoms with van der Waals surface area (Å²) < 4.78 is 22.3. The molecule has 0 amide bonds.